The number of ether oxygens (including phenoxy) is 3. The third-order valence-electron chi connectivity index (χ3n) is 2.97. The lowest BCUT2D eigenvalue weighted by atomic mass is 10.2. The first-order chi connectivity index (χ1) is 12.5. The largest absolute Gasteiger partial charge is 0.490 e. The zero-order valence-electron chi connectivity index (χ0n) is 15.3. The van der Waals surface area contributed by atoms with Crippen LogP contribution in [0, 0.1) is 6.92 Å². The molecule has 1 aromatic heterocycles. The summed E-state index contributed by atoms with van der Waals surface area (Å²) in [5, 5.41) is 6.84. The molecule has 1 aromatic carbocycles. The Hall–Kier alpha value is -2.61. The van der Waals surface area contributed by atoms with Gasteiger partial charge < -0.3 is 14.2 Å². The van der Waals surface area contributed by atoms with E-state index in [-0.39, 0.29) is 12.7 Å². The molecular weight excluding hydrogens is 354 g/mol. The highest BCUT2D eigenvalue weighted by molar-refractivity contribution is 7.13. The summed E-state index contributed by atoms with van der Waals surface area (Å²) in [6.07, 6.45) is 1.49. The Balaban J connectivity index is 2.01. The molecule has 1 heterocycles. The quantitative estimate of drug-likeness (QED) is 0.408. The second-order valence-electron chi connectivity index (χ2n) is 5.63. The first-order valence-electron chi connectivity index (χ1n) is 8.28. The lowest BCUT2D eigenvalue weighted by Gasteiger charge is -2.13. The molecule has 2 rings (SSSR count). The number of hydrazone groups is 1. The van der Waals surface area contributed by atoms with Crippen molar-refractivity contribution in [1.82, 2.24) is 4.98 Å². The predicted molar refractivity (Wildman–Crippen MR) is 102 cm³/mol. The van der Waals surface area contributed by atoms with Gasteiger partial charge in [0.1, 0.15) is 0 Å². The molecule has 0 aliphatic heterocycles. The molecule has 26 heavy (non-hydrogen) atoms. The minimum Gasteiger partial charge on any atom is -0.490 e. The van der Waals surface area contributed by atoms with E-state index in [0.717, 1.165) is 16.4 Å². The first kappa shape index (κ1) is 19.7. The molecule has 0 spiro atoms. The Morgan fingerprint density at radius 1 is 1.35 bits per heavy atom. The smallest absolute Gasteiger partial charge is 0.344 e. The average molecular weight is 377 g/mol. The molecule has 0 unspecified atom stereocenters. The Bertz CT molecular complexity index is 759. The van der Waals surface area contributed by atoms with E-state index in [1.807, 2.05) is 25.3 Å². The highest BCUT2D eigenvalue weighted by atomic mass is 32.1. The van der Waals surface area contributed by atoms with Crippen molar-refractivity contribution in [1.29, 1.82) is 0 Å². The number of hydrogen-bond acceptors (Lipinski definition) is 8. The van der Waals surface area contributed by atoms with Crippen molar-refractivity contribution in [2.45, 2.75) is 33.8 Å². The van der Waals surface area contributed by atoms with Gasteiger partial charge in [-0.3, -0.25) is 5.43 Å². The van der Waals surface area contributed by atoms with Gasteiger partial charge in [-0.2, -0.15) is 5.10 Å². The third kappa shape index (κ3) is 6.36. The molecule has 0 fully saturated rings. The van der Waals surface area contributed by atoms with Crippen molar-refractivity contribution in [2.24, 2.45) is 5.10 Å². The molecule has 0 saturated carbocycles. The summed E-state index contributed by atoms with van der Waals surface area (Å²) in [5.74, 6) is 0.600. The standard InChI is InChI=1S/C18H23N3O4S/c1-5-23-16-8-14(9-19-21-18-20-13(4)11-26-18)6-7-15(16)24-10-17(22)25-12(2)3/h6-9,11-12H,5,10H2,1-4H3,(H,20,21). The van der Waals surface area contributed by atoms with Crippen molar-refractivity contribution >= 4 is 28.7 Å². The Morgan fingerprint density at radius 3 is 2.81 bits per heavy atom. The molecule has 0 bridgehead atoms. The Kier molecular flexibility index (Phi) is 7.40. The zero-order valence-corrected chi connectivity index (χ0v) is 16.1. The van der Waals surface area contributed by atoms with Gasteiger partial charge in [0.2, 0.25) is 5.13 Å². The van der Waals surface area contributed by atoms with Crippen LogP contribution in [0.5, 0.6) is 11.5 Å². The summed E-state index contributed by atoms with van der Waals surface area (Å²) in [5.41, 5.74) is 4.66. The number of carbonyl (C=O) groups excluding carboxylic acids is 1. The van der Waals surface area contributed by atoms with E-state index in [0.29, 0.717) is 18.1 Å². The first-order valence-corrected chi connectivity index (χ1v) is 9.16. The highest BCUT2D eigenvalue weighted by Gasteiger charge is 2.10. The SMILES string of the molecule is CCOc1cc(C=NNc2nc(C)cs2)ccc1OCC(=O)OC(C)C. The van der Waals surface area contributed by atoms with E-state index in [2.05, 4.69) is 15.5 Å². The normalized spacial score (nSPS) is 11.0. The third-order valence-corrected chi connectivity index (χ3v) is 3.84. The van der Waals surface area contributed by atoms with Crippen LogP contribution in [0.3, 0.4) is 0 Å². The number of esters is 1. The van der Waals surface area contributed by atoms with Crippen molar-refractivity contribution in [2.75, 3.05) is 18.6 Å². The van der Waals surface area contributed by atoms with Gasteiger partial charge in [0.25, 0.3) is 0 Å². The van der Waals surface area contributed by atoms with Gasteiger partial charge in [-0.25, -0.2) is 9.78 Å². The van der Waals surface area contributed by atoms with E-state index < -0.39 is 5.97 Å². The fraction of sp³-hybridized carbons (Fsp3) is 0.389. The van der Waals surface area contributed by atoms with Gasteiger partial charge in [-0.05, 0) is 51.5 Å². The van der Waals surface area contributed by atoms with Crippen molar-refractivity contribution < 1.29 is 19.0 Å². The molecular formula is C18H23N3O4S. The summed E-state index contributed by atoms with van der Waals surface area (Å²) in [4.78, 5) is 15.9. The summed E-state index contributed by atoms with van der Waals surface area (Å²) in [7, 11) is 0. The molecule has 7 nitrogen and oxygen atoms in total. The van der Waals surface area contributed by atoms with E-state index in [4.69, 9.17) is 14.2 Å². The fourth-order valence-corrected chi connectivity index (χ4v) is 2.63. The lowest BCUT2D eigenvalue weighted by molar-refractivity contribution is -0.149. The molecule has 0 atom stereocenters. The number of thiazole rings is 1. The summed E-state index contributed by atoms with van der Waals surface area (Å²) < 4.78 is 16.2. The second kappa shape index (κ2) is 9.76. The van der Waals surface area contributed by atoms with Gasteiger partial charge in [0.15, 0.2) is 18.1 Å². The molecule has 0 aliphatic rings. The van der Waals surface area contributed by atoms with Gasteiger partial charge in [-0.15, -0.1) is 11.3 Å². The van der Waals surface area contributed by atoms with Crippen molar-refractivity contribution in [3.8, 4) is 11.5 Å². The van der Waals surface area contributed by atoms with E-state index in [1.54, 1.807) is 32.2 Å². The van der Waals surface area contributed by atoms with Gasteiger partial charge >= 0.3 is 5.97 Å². The maximum absolute atomic E-state index is 11.6. The van der Waals surface area contributed by atoms with Crippen LogP contribution in [0.4, 0.5) is 5.13 Å². The van der Waals surface area contributed by atoms with Crippen LogP contribution in [0.1, 0.15) is 32.0 Å². The average Bonchev–Trinajstić information content (AvgIpc) is 2.99. The monoisotopic (exact) mass is 377 g/mol. The minimum atomic E-state index is -0.420. The number of benzene rings is 1. The summed E-state index contributed by atoms with van der Waals surface area (Å²) >= 11 is 1.49. The van der Waals surface area contributed by atoms with Crippen LogP contribution in [0.2, 0.25) is 0 Å². The van der Waals surface area contributed by atoms with Gasteiger partial charge in [0, 0.05) is 5.38 Å². The van der Waals surface area contributed by atoms with Crippen LogP contribution >= 0.6 is 11.3 Å². The number of rotatable bonds is 9. The topological polar surface area (TPSA) is 82.0 Å². The number of aromatic nitrogens is 1. The summed E-state index contributed by atoms with van der Waals surface area (Å²) in [6.45, 7) is 7.69. The number of nitrogens with zero attached hydrogens (tertiary/aromatic N) is 2. The molecule has 1 N–H and O–H groups in total. The molecule has 0 saturated heterocycles. The maximum Gasteiger partial charge on any atom is 0.344 e. The summed E-state index contributed by atoms with van der Waals surface area (Å²) in [6, 6.07) is 5.36. The number of anilines is 1. The van der Waals surface area contributed by atoms with E-state index in [9.17, 15) is 4.79 Å². The predicted octanol–water partition coefficient (Wildman–Crippen LogP) is 3.63. The number of nitrogens with one attached hydrogen (secondary N) is 1. The molecule has 0 amide bonds. The van der Waals surface area contributed by atoms with Gasteiger partial charge in [0.05, 0.1) is 24.6 Å². The van der Waals surface area contributed by atoms with E-state index in [1.165, 1.54) is 11.3 Å². The highest BCUT2D eigenvalue weighted by Crippen LogP contribution is 2.28. The lowest BCUT2D eigenvalue weighted by Crippen LogP contribution is -2.19. The molecule has 0 aliphatic carbocycles. The Labute approximate surface area is 157 Å². The van der Waals surface area contributed by atoms with Gasteiger partial charge in [-0.1, -0.05) is 0 Å². The minimum absolute atomic E-state index is 0.170. The van der Waals surface area contributed by atoms with E-state index >= 15 is 0 Å². The number of hydrogen-bond donors (Lipinski definition) is 1. The maximum atomic E-state index is 11.6. The van der Waals surface area contributed by atoms with Crippen LogP contribution in [0.25, 0.3) is 0 Å². The molecule has 140 valence electrons. The molecule has 2 aromatic rings. The zero-order chi connectivity index (χ0) is 18.9. The van der Waals surface area contributed by atoms with Crippen LogP contribution in [0.15, 0.2) is 28.7 Å². The second-order valence-corrected chi connectivity index (χ2v) is 6.49. The van der Waals surface area contributed by atoms with Crippen LogP contribution < -0.4 is 14.9 Å². The van der Waals surface area contributed by atoms with Crippen LogP contribution in [-0.2, 0) is 9.53 Å². The molecule has 0 radical (unpaired) electrons. The Morgan fingerprint density at radius 2 is 2.15 bits per heavy atom. The van der Waals surface area contributed by atoms with Crippen LogP contribution in [-0.4, -0.2) is 36.5 Å². The number of carbonyl (C=O) groups is 1. The molecule has 8 heteroatoms. The van der Waals surface area contributed by atoms with Crippen molar-refractivity contribution in [3.05, 3.63) is 34.8 Å². The number of aryl methyl sites for hydroxylation is 1. The fourth-order valence-electron chi connectivity index (χ4n) is 1.99. The van der Waals surface area contributed by atoms with Crippen molar-refractivity contribution in [3.63, 3.8) is 0 Å².